The zero-order valence-corrected chi connectivity index (χ0v) is 21.6. The number of rotatable bonds is 11. The smallest absolute Gasteiger partial charge is 0.317 e. The summed E-state index contributed by atoms with van der Waals surface area (Å²) in [5, 5.41) is 5.86. The van der Waals surface area contributed by atoms with Crippen LogP contribution in [0.5, 0.6) is 0 Å². The van der Waals surface area contributed by atoms with E-state index in [1.165, 1.54) is 0 Å². The van der Waals surface area contributed by atoms with Gasteiger partial charge in [-0.15, -0.1) is 0 Å². The minimum atomic E-state index is -0.250. The fraction of sp³-hybridized carbons (Fsp3) is 0.300. The quantitative estimate of drug-likeness (QED) is 0.333. The third-order valence-corrected chi connectivity index (χ3v) is 6.65. The SMILES string of the molecule is Nc1ccccc1NC(=O)c1ccc(CN(CCCN2CCCC2=O)C(=O)NCCc2ccccc2)cc1. The molecule has 0 bridgehead atoms. The zero-order chi connectivity index (χ0) is 26.7. The van der Waals surface area contributed by atoms with Gasteiger partial charge >= 0.3 is 6.03 Å². The van der Waals surface area contributed by atoms with Gasteiger partial charge in [-0.05, 0) is 54.7 Å². The average Bonchev–Trinajstić information content (AvgIpc) is 3.34. The molecular weight excluding hydrogens is 478 g/mol. The second-order valence-electron chi connectivity index (χ2n) is 9.47. The molecule has 0 atom stereocenters. The van der Waals surface area contributed by atoms with Gasteiger partial charge in [0.05, 0.1) is 11.4 Å². The maximum atomic E-state index is 13.1. The van der Waals surface area contributed by atoms with Crippen molar-refractivity contribution in [3.63, 3.8) is 0 Å². The molecule has 0 aromatic heterocycles. The van der Waals surface area contributed by atoms with Crippen LogP contribution in [0.1, 0.15) is 40.7 Å². The lowest BCUT2D eigenvalue weighted by molar-refractivity contribution is -0.127. The van der Waals surface area contributed by atoms with Crippen LogP contribution < -0.4 is 16.4 Å². The fourth-order valence-corrected chi connectivity index (χ4v) is 4.50. The molecule has 1 heterocycles. The van der Waals surface area contributed by atoms with Crippen molar-refractivity contribution in [3.05, 3.63) is 95.6 Å². The van der Waals surface area contributed by atoms with Crippen LogP contribution in [0.2, 0.25) is 0 Å². The van der Waals surface area contributed by atoms with E-state index in [1.54, 1.807) is 29.2 Å². The predicted molar refractivity (Wildman–Crippen MR) is 150 cm³/mol. The first kappa shape index (κ1) is 26.7. The monoisotopic (exact) mass is 513 g/mol. The van der Waals surface area contributed by atoms with E-state index in [4.69, 9.17) is 5.73 Å². The van der Waals surface area contributed by atoms with Crippen molar-refractivity contribution < 1.29 is 14.4 Å². The first-order valence-corrected chi connectivity index (χ1v) is 13.1. The number of nitrogens with one attached hydrogen (secondary N) is 2. The van der Waals surface area contributed by atoms with Crippen LogP contribution in [0.4, 0.5) is 16.2 Å². The minimum absolute atomic E-state index is 0.143. The molecular formula is C30H35N5O3. The highest BCUT2D eigenvalue weighted by Gasteiger charge is 2.21. The van der Waals surface area contributed by atoms with Crippen molar-refractivity contribution in [2.75, 3.05) is 37.2 Å². The number of hydrogen-bond donors (Lipinski definition) is 3. The summed E-state index contributed by atoms with van der Waals surface area (Å²) in [5.41, 5.74) is 9.58. The summed E-state index contributed by atoms with van der Waals surface area (Å²) < 4.78 is 0. The number of nitrogens with two attached hydrogens (primary N) is 1. The molecule has 0 unspecified atom stereocenters. The largest absolute Gasteiger partial charge is 0.397 e. The van der Waals surface area contributed by atoms with Crippen molar-refractivity contribution in [3.8, 4) is 0 Å². The number of anilines is 2. The lowest BCUT2D eigenvalue weighted by Gasteiger charge is -2.25. The molecule has 4 N–H and O–H groups in total. The standard InChI is InChI=1S/C30H35N5O3/c31-26-10-4-5-11-27(26)33-29(37)25-15-13-24(14-16-25)22-35(21-7-20-34-19-6-12-28(34)36)30(38)32-18-17-23-8-2-1-3-9-23/h1-5,8-11,13-16H,6-7,12,17-22,31H2,(H,32,38)(H,33,37). The van der Waals surface area contributed by atoms with E-state index < -0.39 is 0 Å². The summed E-state index contributed by atoms with van der Waals surface area (Å²) in [6.07, 6.45) is 2.97. The normalized spacial score (nSPS) is 12.8. The van der Waals surface area contributed by atoms with Gasteiger partial charge in [0, 0.05) is 44.7 Å². The third kappa shape index (κ3) is 7.59. The van der Waals surface area contributed by atoms with Gasteiger partial charge in [0.15, 0.2) is 0 Å². The van der Waals surface area contributed by atoms with E-state index in [1.807, 2.05) is 59.5 Å². The van der Waals surface area contributed by atoms with Crippen LogP contribution in [-0.2, 0) is 17.8 Å². The summed E-state index contributed by atoms with van der Waals surface area (Å²) in [7, 11) is 0. The molecule has 4 rings (SSSR count). The molecule has 0 saturated carbocycles. The van der Waals surface area contributed by atoms with Crippen molar-refractivity contribution >= 4 is 29.2 Å². The number of amides is 4. The van der Waals surface area contributed by atoms with Gasteiger partial charge in [-0.1, -0.05) is 54.6 Å². The Hall–Kier alpha value is -4.33. The van der Waals surface area contributed by atoms with Crippen LogP contribution >= 0.6 is 0 Å². The number of urea groups is 1. The average molecular weight is 514 g/mol. The molecule has 0 radical (unpaired) electrons. The first-order chi connectivity index (χ1) is 18.5. The maximum Gasteiger partial charge on any atom is 0.317 e. The lowest BCUT2D eigenvalue weighted by Crippen LogP contribution is -2.41. The van der Waals surface area contributed by atoms with Gasteiger partial charge in [-0.2, -0.15) is 0 Å². The molecule has 3 aromatic rings. The Morgan fingerprint density at radius 3 is 2.37 bits per heavy atom. The van der Waals surface area contributed by atoms with E-state index in [2.05, 4.69) is 10.6 Å². The number of carbonyl (C=O) groups is 3. The molecule has 0 aliphatic carbocycles. The maximum absolute atomic E-state index is 13.1. The molecule has 3 aromatic carbocycles. The number of para-hydroxylation sites is 2. The molecule has 8 heteroatoms. The Morgan fingerprint density at radius 2 is 1.66 bits per heavy atom. The predicted octanol–water partition coefficient (Wildman–Crippen LogP) is 4.29. The van der Waals surface area contributed by atoms with E-state index >= 15 is 0 Å². The number of hydrogen-bond acceptors (Lipinski definition) is 4. The van der Waals surface area contributed by atoms with Crippen molar-refractivity contribution in [1.29, 1.82) is 0 Å². The van der Waals surface area contributed by atoms with E-state index in [9.17, 15) is 14.4 Å². The Kier molecular flexibility index (Phi) is 9.34. The lowest BCUT2D eigenvalue weighted by atomic mass is 10.1. The number of nitrogens with zero attached hydrogens (tertiary/aromatic N) is 2. The number of likely N-dealkylation sites (tertiary alicyclic amines) is 1. The molecule has 1 aliphatic heterocycles. The molecule has 0 spiro atoms. The van der Waals surface area contributed by atoms with Crippen molar-refractivity contribution in [2.45, 2.75) is 32.2 Å². The van der Waals surface area contributed by atoms with Crippen LogP contribution in [0.25, 0.3) is 0 Å². The Balaban J connectivity index is 1.35. The van der Waals surface area contributed by atoms with Gasteiger partial charge in [-0.25, -0.2) is 4.79 Å². The van der Waals surface area contributed by atoms with Gasteiger partial charge in [0.2, 0.25) is 5.91 Å². The topological polar surface area (TPSA) is 108 Å². The molecule has 1 aliphatic rings. The van der Waals surface area contributed by atoms with Crippen molar-refractivity contribution in [1.82, 2.24) is 15.1 Å². The Bertz CT molecular complexity index is 1230. The molecule has 1 fully saturated rings. The second-order valence-corrected chi connectivity index (χ2v) is 9.47. The summed E-state index contributed by atoms with van der Waals surface area (Å²) >= 11 is 0. The summed E-state index contributed by atoms with van der Waals surface area (Å²) in [5.74, 6) is -0.0600. The Morgan fingerprint density at radius 1 is 0.921 bits per heavy atom. The fourth-order valence-electron chi connectivity index (χ4n) is 4.50. The van der Waals surface area contributed by atoms with Crippen molar-refractivity contribution in [2.24, 2.45) is 0 Å². The highest BCUT2D eigenvalue weighted by molar-refractivity contribution is 6.05. The van der Waals surface area contributed by atoms with Gasteiger partial charge in [-0.3, -0.25) is 9.59 Å². The summed E-state index contributed by atoms with van der Waals surface area (Å²) in [4.78, 5) is 41.4. The van der Waals surface area contributed by atoms with E-state index in [0.29, 0.717) is 56.0 Å². The molecule has 38 heavy (non-hydrogen) atoms. The number of nitrogen functional groups attached to an aromatic ring is 1. The van der Waals surface area contributed by atoms with Crippen LogP contribution in [-0.4, -0.2) is 53.8 Å². The Labute approximate surface area is 223 Å². The van der Waals surface area contributed by atoms with E-state index in [-0.39, 0.29) is 17.8 Å². The van der Waals surface area contributed by atoms with Crippen LogP contribution in [0.3, 0.4) is 0 Å². The molecule has 198 valence electrons. The van der Waals surface area contributed by atoms with Gasteiger partial charge in [0.25, 0.3) is 5.91 Å². The van der Waals surface area contributed by atoms with Crippen LogP contribution in [0.15, 0.2) is 78.9 Å². The second kappa shape index (κ2) is 13.3. The van der Waals surface area contributed by atoms with Gasteiger partial charge < -0.3 is 26.2 Å². The van der Waals surface area contributed by atoms with E-state index in [0.717, 1.165) is 30.5 Å². The highest BCUT2D eigenvalue weighted by atomic mass is 16.2. The van der Waals surface area contributed by atoms with Gasteiger partial charge in [0.1, 0.15) is 0 Å². The summed E-state index contributed by atoms with van der Waals surface area (Å²) in [6, 6.07) is 24.2. The molecule has 8 nitrogen and oxygen atoms in total. The van der Waals surface area contributed by atoms with Crippen LogP contribution in [0, 0.1) is 0 Å². The molecule has 1 saturated heterocycles. The zero-order valence-electron chi connectivity index (χ0n) is 21.6. The number of carbonyl (C=O) groups excluding carboxylic acids is 3. The third-order valence-electron chi connectivity index (χ3n) is 6.65. The highest BCUT2D eigenvalue weighted by Crippen LogP contribution is 2.18. The number of benzene rings is 3. The summed E-state index contributed by atoms with van der Waals surface area (Å²) in [6.45, 7) is 2.90. The first-order valence-electron chi connectivity index (χ1n) is 13.1. The minimum Gasteiger partial charge on any atom is -0.397 e. The molecule has 4 amide bonds.